The van der Waals surface area contributed by atoms with E-state index in [0.29, 0.717) is 12.1 Å². The lowest BCUT2D eigenvalue weighted by molar-refractivity contribution is -0.131. The summed E-state index contributed by atoms with van der Waals surface area (Å²) in [7, 11) is 5.56. The molecule has 0 N–H and O–H groups in total. The summed E-state index contributed by atoms with van der Waals surface area (Å²) in [5.74, 6) is 0.104. The van der Waals surface area contributed by atoms with E-state index >= 15 is 0 Å². The molecule has 1 saturated heterocycles. The number of carbonyl (C=O) groups is 2. The van der Waals surface area contributed by atoms with E-state index < -0.39 is 0 Å². The molecule has 0 saturated carbocycles. The van der Waals surface area contributed by atoms with Gasteiger partial charge in [0.05, 0.1) is 6.04 Å². The maximum Gasteiger partial charge on any atom is 0.253 e. The predicted octanol–water partition coefficient (Wildman–Crippen LogP) is 1.22. The Balaban J connectivity index is 2.25. The molecule has 114 valence electrons. The van der Waals surface area contributed by atoms with Gasteiger partial charge in [-0.05, 0) is 24.7 Å². The molecule has 1 aliphatic heterocycles. The number of amides is 2. The van der Waals surface area contributed by atoms with Gasteiger partial charge in [-0.2, -0.15) is 0 Å². The molecule has 2 rings (SSSR count). The van der Waals surface area contributed by atoms with Crippen molar-refractivity contribution in [3.8, 4) is 0 Å². The summed E-state index contributed by atoms with van der Waals surface area (Å²) >= 11 is 0. The standard InChI is InChI=1S/C16H23N3O2/c1-12(20)19-9-8-18(4)15(11-19)13-6-5-7-14(10-13)16(21)17(2)3/h5-7,10,15H,8-9,11H2,1-4H3. The van der Waals surface area contributed by atoms with Crippen LogP contribution in [0.4, 0.5) is 0 Å². The Hall–Kier alpha value is -1.88. The molecule has 0 bridgehead atoms. The summed E-state index contributed by atoms with van der Waals surface area (Å²) < 4.78 is 0. The van der Waals surface area contributed by atoms with Crippen molar-refractivity contribution in [1.29, 1.82) is 0 Å². The van der Waals surface area contributed by atoms with Gasteiger partial charge in [-0.25, -0.2) is 0 Å². The fraction of sp³-hybridized carbons (Fsp3) is 0.500. The second-order valence-electron chi connectivity index (χ2n) is 5.79. The molecule has 0 spiro atoms. The van der Waals surface area contributed by atoms with Crippen molar-refractivity contribution in [2.75, 3.05) is 40.8 Å². The van der Waals surface area contributed by atoms with Gasteiger partial charge in [0.25, 0.3) is 5.91 Å². The van der Waals surface area contributed by atoms with E-state index in [-0.39, 0.29) is 17.9 Å². The minimum atomic E-state index is -0.00117. The van der Waals surface area contributed by atoms with E-state index in [1.807, 2.05) is 29.2 Å². The third-order valence-electron chi connectivity index (χ3n) is 4.02. The minimum Gasteiger partial charge on any atom is -0.345 e. The topological polar surface area (TPSA) is 43.9 Å². The molecule has 21 heavy (non-hydrogen) atoms. The van der Waals surface area contributed by atoms with E-state index in [0.717, 1.165) is 18.7 Å². The largest absolute Gasteiger partial charge is 0.345 e. The maximum absolute atomic E-state index is 12.1. The van der Waals surface area contributed by atoms with E-state index in [2.05, 4.69) is 11.9 Å². The van der Waals surface area contributed by atoms with Gasteiger partial charge in [-0.1, -0.05) is 12.1 Å². The molecular formula is C16H23N3O2. The first kappa shape index (κ1) is 15.5. The molecule has 0 aromatic heterocycles. The molecule has 5 nitrogen and oxygen atoms in total. The summed E-state index contributed by atoms with van der Waals surface area (Å²) in [5.41, 5.74) is 1.77. The maximum atomic E-state index is 12.1. The molecule has 0 radical (unpaired) electrons. The summed E-state index contributed by atoms with van der Waals surface area (Å²) in [6.07, 6.45) is 0. The Kier molecular flexibility index (Phi) is 4.63. The van der Waals surface area contributed by atoms with Crippen LogP contribution in [-0.4, -0.2) is 67.3 Å². The first-order valence-corrected chi connectivity index (χ1v) is 7.17. The Morgan fingerprint density at radius 1 is 1.24 bits per heavy atom. The van der Waals surface area contributed by atoms with Crippen LogP contribution in [0.1, 0.15) is 28.9 Å². The third-order valence-corrected chi connectivity index (χ3v) is 4.02. The zero-order valence-electron chi connectivity index (χ0n) is 13.2. The second kappa shape index (κ2) is 6.26. The molecule has 1 unspecified atom stereocenters. The van der Waals surface area contributed by atoms with Crippen molar-refractivity contribution in [2.45, 2.75) is 13.0 Å². The molecule has 1 aromatic carbocycles. The van der Waals surface area contributed by atoms with Crippen LogP contribution in [-0.2, 0) is 4.79 Å². The van der Waals surface area contributed by atoms with Gasteiger partial charge in [-0.15, -0.1) is 0 Å². The fourth-order valence-electron chi connectivity index (χ4n) is 2.66. The van der Waals surface area contributed by atoms with Gasteiger partial charge >= 0.3 is 0 Å². The van der Waals surface area contributed by atoms with E-state index in [1.54, 1.807) is 25.9 Å². The van der Waals surface area contributed by atoms with Crippen LogP contribution >= 0.6 is 0 Å². The van der Waals surface area contributed by atoms with Gasteiger partial charge in [0, 0.05) is 46.2 Å². The number of hydrogen-bond donors (Lipinski definition) is 0. The number of carbonyl (C=O) groups excluding carboxylic acids is 2. The number of hydrogen-bond acceptors (Lipinski definition) is 3. The van der Waals surface area contributed by atoms with Gasteiger partial charge in [0.2, 0.25) is 5.91 Å². The minimum absolute atomic E-state index is 0.00117. The highest BCUT2D eigenvalue weighted by atomic mass is 16.2. The van der Waals surface area contributed by atoms with Crippen molar-refractivity contribution in [3.63, 3.8) is 0 Å². The quantitative estimate of drug-likeness (QED) is 0.822. The van der Waals surface area contributed by atoms with Crippen molar-refractivity contribution in [1.82, 2.24) is 14.7 Å². The highest BCUT2D eigenvalue weighted by molar-refractivity contribution is 5.94. The highest BCUT2D eigenvalue weighted by Gasteiger charge is 2.27. The van der Waals surface area contributed by atoms with Crippen LogP contribution < -0.4 is 0 Å². The molecule has 1 fully saturated rings. The smallest absolute Gasteiger partial charge is 0.253 e. The average Bonchev–Trinajstić information content (AvgIpc) is 2.46. The van der Waals surface area contributed by atoms with E-state index in [1.165, 1.54) is 0 Å². The predicted molar refractivity (Wildman–Crippen MR) is 82.1 cm³/mol. The molecule has 5 heteroatoms. The van der Waals surface area contributed by atoms with Crippen LogP contribution in [0.5, 0.6) is 0 Å². The summed E-state index contributed by atoms with van der Waals surface area (Å²) in [4.78, 5) is 29.4. The molecule has 0 aliphatic carbocycles. The van der Waals surface area contributed by atoms with Gasteiger partial charge in [0.1, 0.15) is 0 Å². The Labute approximate surface area is 126 Å². The molecule has 1 heterocycles. The number of nitrogens with zero attached hydrogens (tertiary/aromatic N) is 3. The number of piperazine rings is 1. The zero-order valence-corrected chi connectivity index (χ0v) is 13.2. The van der Waals surface area contributed by atoms with Gasteiger partial charge in [-0.3, -0.25) is 14.5 Å². The molecule has 1 atom stereocenters. The summed E-state index contributed by atoms with van der Waals surface area (Å²) in [5, 5.41) is 0. The van der Waals surface area contributed by atoms with Gasteiger partial charge in [0.15, 0.2) is 0 Å². The lowest BCUT2D eigenvalue weighted by Crippen LogP contribution is -2.48. The molecular weight excluding hydrogens is 266 g/mol. The highest BCUT2D eigenvalue weighted by Crippen LogP contribution is 2.25. The second-order valence-corrected chi connectivity index (χ2v) is 5.79. The molecule has 1 aromatic rings. The first-order valence-electron chi connectivity index (χ1n) is 7.17. The Bertz CT molecular complexity index is 542. The lowest BCUT2D eigenvalue weighted by Gasteiger charge is -2.39. The number of likely N-dealkylation sites (N-methyl/N-ethyl adjacent to an activating group) is 1. The normalized spacial score (nSPS) is 19.4. The Morgan fingerprint density at radius 2 is 1.95 bits per heavy atom. The monoisotopic (exact) mass is 289 g/mol. The van der Waals surface area contributed by atoms with Crippen LogP contribution in [0.15, 0.2) is 24.3 Å². The first-order chi connectivity index (χ1) is 9.90. The third kappa shape index (κ3) is 3.42. The SMILES string of the molecule is CC(=O)N1CCN(C)C(c2cccc(C(=O)N(C)C)c2)C1. The fourth-order valence-corrected chi connectivity index (χ4v) is 2.66. The van der Waals surface area contributed by atoms with Crippen molar-refractivity contribution >= 4 is 11.8 Å². The average molecular weight is 289 g/mol. The van der Waals surface area contributed by atoms with E-state index in [9.17, 15) is 9.59 Å². The zero-order chi connectivity index (χ0) is 15.6. The van der Waals surface area contributed by atoms with Crippen molar-refractivity contribution < 1.29 is 9.59 Å². The van der Waals surface area contributed by atoms with Crippen LogP contribution in [0.3, 0.4) is 0 Å². The van der Waals surface area contributed by atoms with E-state index in [4.69, 9.17) is 0 Å². The Morgan fingerprint density at radius 3 is 2.57 bits per heavy atom. The summed E-state index contributed by atoms with van der Waals surface area (Å²) in [6.45, 7) is 3.88. The molecule has 1 aliphatic rings. The van der Waals surface area contributed by atoms with Crippen LogP contribution in [0.2, 0.25) is 0 Å². The van der Waals surface area contributed by atoms with Gasteiger partial charge < -0.3 is 9.80 Å². The lowest BCUT2D eigenvalue weighted by atomic mass is 10.00. The number of benzene rings is 1. The summed E-state index contributed by atoms with van der Waals surface area (Å²) in [6, 6.07) is 7.84. The number of rotatable bonds is 2. The molecule has 2 amide bonds. The van der Waals surface area contributed by atoms with Crippen molar-refractivity contribution in [2.24, 2.45) is 0 Å². The van der Waals surface area contributed by atoms with Crippen molar-refractivity contribution in [3.05, 3.63) is 35.4 Å². The van der Waals surface area contributed by atoms with Crippen LogP contribution in [0, 0.1) is 0 Å². The van der Waals surface area contributed by atoms with Crippen LogP contribution in [0.25, 0.3) is 0 Å².